The number of aliphatic hydroxyl groups is 1. The topological polar surface area (TPSA) is 146 Å². The average molecular weight is 728 g/mol. The van der Waals surface area contributed by atoms with Crippen molar-refractivity contribution in [2.75, 3.05) is 23.5 Å². The first-order chi connectivity index (χ1) is 24.8. The van der Waals surface area contributed by atoms with Gasteiger partial charge in [0.1, 0.15) is 5.75 Å². The molecule has 0 aromatic heterocycles. The Labute approximate surface area is 304 Å². The quantitative estimate of drug-likeness (QED) is 0.190. The van der Waals surface area contributed by atoms with Crippen LogP contribution in [0.5, 0.6) is 5.75 Å². The maximum absolute atomic E-state index is 14.9. The lowest BCUT2D eigenvalue weighted by molar-refractivity contribution is -0.154. The molecule has 3 aromatic carbocycles. The van der Waals surface area contributed by atoms with Crippen molar-refractivity contribution in [2.45, 2.75) is 88.8 Å². The SMILES string of the molecule is COc1ccc2c(c1)[C@]1(O[C@@H](CC(=O)N3Cc4ccccc4C[C@H]3CO)[C@H]([Si](C)(C)O)[C@H]1C)C(=O)N2Cc1ccc(N2C(=O)CC2OC(C)=O)cc1. The minimum Gasteiger partial charge on any atom is -0.497 e. The van der Waals surface area contributed by atoms with Gasteiger partial charge in [-0.2, -0.15) is 0 Å². The summed E-state index contributed by atoms with van der Waals surface area (Å²) in [6, 6.07) is 20.1. The number of carbonyl (C=O) groups is 4. The normalized spacial score (nSPS) is 26.7. The lowest BCUT2D eigenvalue weighted by Gasteiger charge is -2.39. The van der Waals surface area contributed by atoms with Crippen molar-refractivity contribution in [1.82, 2.24) is 4.90 Å². The maximum Gasteiger partial charge on any atom is 0.304 e. The first kappa shape index (κ1) is 35.8. The smallest absolute Gasteiger partial charge is 0.304 e. The summed E-state index contributed by atoms with van der Waals surface area (Å²) >= 11 is 0. The fourth-order valence-electron chi connectivity index (χ4n) is 8.80. The first-order valence-electron chi connectivity index (χ1n) is 17.7. The van der Waals surface area contributed by atoms with Crippen LogP contribution in [0, 0.1) is 5.92 Å². The second kappa shape index (κ2) is 13.4. The number of amides is 3. The van der Waals surface area contributed by atoms with E-state index in [0.29, 0.717) is 35.7 Å². The number of hydrogen-bond donors (Lipinski definition) is 2. The van der Waals surface area contributed by atoms with Crippen LogP contribution < -0.4 is 14.5 Å². The number of β-lactam (4-membered cyclic amide) rings is 1. The van der Waals surface area contributed by atoms with Crippen molar-refractivity contribution in [3.8, 4) is 5.75 Å². The molecule has 4 aliphatic heterocycles. The summed E-state index contributed by atoms with van der Waals surface area (Å²) in [7, 11) is -1.50. The Kier molecular flexibility index (Phi) is 9.26. The van der Waals surface area contributed by atoms with Gasteiger partial charge in [0.15, 0.2) is 20.1 Å². The molecule has 1 spiro atoms. The third kappa shape index (κ3) is 5.99. The van der Waals surface area contributed by atoms with E-state index in [1.54, 1.807) is 35.1 Å². The van der Waals surface area contributed by atoms with Gasteiger partial charge in [0.25, 0.3) is 5.91 Å². The van der Waals surface area contributed by atoms with E-state index in [1.807, 2.05) is 68.5 Å². The highest BCUT2D eigenvalue weighted by molar-refractivity contribution is 6.71. The third-order valence-corrected chi connectivity index (χ3v) is 13.7. The number of fused-ring (bicyclic) bond motifs is 3. The number of anilines is 2. The number of ether oxygens (including phenoxy) is 3. The Morgan fingerprint density at radius 1 is 1.02 bits per heavy atom. The van der Waals surface area contributed by atoms with Crippen LogP contribution in [0.25, 0.3) is 0 Å². The van der Waals surface area contributed by atoms with Crippen LogP contribution in [0.15, 0.2) is 66.7 Å². The van der Waals surface area contributed by atoms with Gasteiger partial charge in [-0.3, -0.25) is 24.1 Å². The molecule has 2 fully saturated rings. The van der Waals surface area contributed by atoms with Crippen molar-refractivity contribution in [3.63, 3.8) is 0 Å². The largest absolute Gasteiger partial charge is 0.497 e. The van der Waals surface area contributed by atoms with Crippen molar-refractivity contribution < 1.29 is 43.3 Å². The van der Waals surface area contributed by atoms with Crippen LogP contribution in [0.3, 0.4) is 0 Å². The summed E-state index contributed by atoms with van der Waals surface area (Å²) < 4.78 is 17.8. The van der Waals surface area contributed by atoms with E-state index in [2.05, 4.69) is 0 Å². The molecule has 52 heavy (non-hydrogen) atoms. The van der Waals surface area contributed by atoms with E-state index >= 15 is 0 Å². The number of esters is 1. The zero-order chi connectivity index (χ0) is 37.1. The van der Waals surface area contributed by atoms with Crippen LogP contribution in [0.4, 0.5) is 11.4 Å². The second-order valence-electron chi connectivity index (χ2n) is 14.9. The Balaban J connectivity index is 1.19. The highest BCUT2D eigenvalue weighted by Gasteiger charge is 2.66. The highest BCUT2D eigenvalue weighted by atomic mass is 28.4. The molecule has 7 rings (SSSR count). The van der Waals surface area contributed by atoms with Gasteiger partial charge in [0.2, 0.25) is 11.8 Å². The van der Waals surface area contributed by atoms with E-state index in [0.717, 1.165) is 16.7 Å². The van der Waals surface area contributed by atoms with Crippen molar-refractivity contribution in [2.24, 2.45) is 5.92 Å². The lowest BCUT2D eigenvalue weighted by Crippen LogP contribution is -2.54. The van der Waals surface area contributed by atoms with Gasteiger partial charge in [-0.1, -0.05) is 43.3 Å². The minimum absolute atomic E-state index is 0.0516. The van der Waals surface area contributed by atoms with Gasteiger partial charge >= 0.3 is 5.97 Å². The number of hydrogen-bond acceptors (Lipinski definition) is 9. The van der Waals surface area contributed by atoms with Gasteiger partial charge < -0.3 is 33.9 Å². The van der Waals surface area contributed by atoms with E-state index < -0.39 is 43.7 Å². The lowest BCUT2D eigenvalue weighted by atomic mass is 9.82. The number of nitrogens with zero attached hydrogens (tertiary/aromatic N) is 3. The molecule has 4 heterocycles. The number of methoxy groups -OCH3 is 1. The Morgan fingerprint density at radius 2 is 1.73 bits per heavy atom. The molecule has 2 N–H and O–H groups in total. The fraction of sp³-hybridized carbons (Fsp3) is 0.436. The third-order valence-electron chi connectivity index (χ3n) is 11.2. The molecule has 0 radical (unpaired) electrons. The molecular formula is C39H45N3O9Si. The highest BCUT2D eigenvalue weighted by Crippen LogP contribution is 2.60. The zero-order valence-corrected chi connectivity index (χ0v) is 31.1. The predicted molar refractivity (Wildman–Crippen MR) is 194 cm³/mol. The minimum atomic E-state index is -3.06. The van der Waals surface area contributed by atoms with E-state index in [-0.39, 0.29) is 49.8 Å². The molecule has 4 aliphatic rings. The number of benzene rings is 3. The van der Waals surface area contributed by atoms with Crippen LogP contribution in [-0.2, 0) is 53.8 Å². The summed E-state index contributed by atoms with van der Waals surface area (Å²) in [6.07, 6.45) is -0.793. The fourth-order valence-corrected chi connectivity index (χ4v) is 11.4. The van der Waals surface area contributed by atoms with Crippen molar-refractivity contribution in [3.05, 3.63) is 89.0 Å². The second-order valence-corrected chi connectivity index (χ2v) is 18.8. The van der Waals surface area contributed by atoms with Crippen LogP contribution in [0.1, 0.15) is 48.9 Å². The molecule has 0 bridgehead atoms. The van der Waals surface area contributed by atoms with Crippen molar-refractivity contribution >= 4 is 43.4 Å². The molecule has 12 nitrogen and oxygen atoms in total. The van der Waals surface area contributed by atoms with E-state index in [4.69, 9.17) is 14.2 Å². The molecule has 13 heteroatoms. The summed E-state index contributed by atoms with van der Waals surface area (Å²) in [4.78, 5) is 69.5. The summed E-state index contributed by atoms with van der Waals surface area (Å²) in [5.74, 6) is -1.06. The van der Waals surface area contributed by atoms with Gasteiger partial charge in [0.05, 0.1) is 50.9 Å². The van der Waals surface area contributed by atoms with Crippen molar-refractivity contribution in [1.29, 1.82) is 0 Å². The molecule has 6 atom stereocenters. The molecule has 1 unspecified atom stereocenters. The van der Waals surface area contributed by atoms with Gasteiger partial charge in [-0.25, -0.2) is 0 Å². The predicted octanol–water partition coefficient (Wildman–Crippen LogP) is 4.00. The monoisotopic (exact) mass is 727 g/mol. The standard InChI is InChI=1S/C39H45N3O9Si/c1-23-37(52(4,5)48)33(18-34(45)40-21-27-9-7-6-8-26(27)16-29(40)22-43)51-39(23)31-17-30(49-3)14-15-32(31)41(38(39)47)20-25-10-12-28(13-11-25)42-35(46)19-36(42)50-24(2)44/h6-15,17,23,29,33,36-37,43,48H,16,18-22H2,1-5H3/t23-,29+,33+,36?,37-,39+/m1/s1. The van der Waals surface area contributed by atoms with Crippen LogP contribution in [0.2, 0.25) is 18.6 Å². The van der Waals surface area contributed by atoms with Gasteiger partial charge in [-0.15, -0.1) is 0 Å². The first-order valence-corrected chi connectivity index (χ1v) is 20.7. The van der Waals surface area contributed by atoms with Gasteiger partial charge in [-0.05, 0) is 66.5 Å². The van der Waals surface area contributed by atoms with Gasteiger partial charge in [0, 0.05) is 36.2 Å². The zero-order valence-electron chi connectivity index (χ0n) is 30.1. The molecule has 3 aromatic rings. The Hall–Kier alpha value is -4.56. The molecule has 0 saturated carbocycles. The molecular weight excluding hydrogens is 683 g/mol. The molecule has 3 amide bonds. The van der Waals surface area contributed by atoms with E-state index in [9.17, 15) is 29.1 Å². The van der Waals surface area contributed by atoms with Crippen LogP contribution in [-0.4, -0.2) is 78.9 Å². The Morgan fingerprint density at radius 3 is 2.37 bits per heavy atom. The molecule has 0 aliphatic carbocycles. The maximum atomic E-state index is 14.9. The number of rotatable bonds is 9. The number of aliphatic hydroxyl groups excluding tert-OH is 1. The average Bonchev–Trinajstić information content (AvgIpc) is 3.53. The number of carbonyl (C=O) groups excluding carboxylic acids is 4. The van der Waals surface area contributed by atoms with E-state index in [1.165, 1.54) is 11.8 Å². The summed E-state index contributed by atoms with van der Waals surface area (Å²) in [6.45, 7) is 7.24. The van der Waals surface area contributed by atoms with Crippen LogP contribution >= 0.6 is 0 Å². The molecule has 2 saturated heterocycles. The summed E-state index contributed by atoms with van der Waals surface area (Å²) in [5.41, 5.74) is 2.82. The Bertz CT molecular complexity index is 1910. The molecule has 274 valence electrons. The summed E-state index contributed by atoms with van der Waals surface area (Å²) in [5, 5.41) is 10.3.